The minimum atomic E-state index is -0.187. The molecule has 0 spiro atoms. The average Bonchev–Trinajstić information content (AvgIpc) is 2.65. The third kappa shape index (κ3) is 5.20. The van der Waals surface area contributed by atoms with Crippen LogP contribution in [-0.2, 0) is 0 Å². The number of nitrogens with zero attached hydrogens (tertiary/aromatic N) is 5. The third-order valence-corrected chi connectivity index (χ3v) is 2.66. The Morgan fingerprint density at radius 1 is 1.00 bits per heavy atom. The van der Waals surface area contributed by atoms with Gasteiger partial charge in [-0.15, -0.1) is 0 Å². The number of aliphatic imine (C=N–C) groups is 1. The fourth-order valence-electron chi connectivity index (χ4n) is 1.60. The van der Waals surface area contributed by atoms with Crippen molar-refractivity contribution in [3.63, 3.8) is 0 Å². The van der Waals surface area contributed by atoms with E-state index in [0.29, 0.717) is 0 Å². The summed E-state index contributed by atoms with van der Waals surface area (Å²) < 4.78 is 10.6. The first kappa shape index (κ1) is 17.7. The monoisotopic (exact) mass is 339 g/mol. The SMILES string of the molecule is C=CCOc1cncc(C(=N)N=C(N)c2cncc(OCC=C)n2)n1. The summed E-state index contributed by atoms with van der Waals surface area (Å²) in [5.74, 6) is 0.353. The maximum atomic E-state index is 8.01. The van der Waals surface area contributed by atoms with E-state index in [1.165, 1.54) is 24.8 Å². The molecule has 0 atom stereocenters. The molecule has 0 amide bonds. The Kier molecular flexibility index (Phi) is 6.29. The van der Waals surface area contributed by atoms with E-state index >= 15 is 0 Å². The van der Waals surface area contributed by atoms with Crippen molar-refractivity contribution in [1.82, 2.24) is 19.9 Å². The summed E-state index contributed by atoms with van der Waals surface area (Å²) in [5.41, 5.74) is 6.37. The van der Waals surface area contributed by atoms with Gasteiger partial charge in [-0.1, -0.05) is 25.3 Å². The number of nitrogens with two attached hydrogens (primary N) is 1. The maximum Gasteiger partial charge on any atom is 0.233 e. The van der Waals surface area contributed by atoms with Crippen molar-refractivity contribution in [3.8, 4) is 11.8 Å². The summed E-state index contributed by atoms with van der Waals surface area (Å²) >= 11 is 0. The van der Waals surface area contributed by atoms with Gasteiger partial charge in [0.2, 0.25) is 11.8 Å². The number of hydrogen-bond donors (Lipinski definition) is 2. The standard InChI is InChI=1S/C16H17N7O2/c1-3-5-24-13-9-19-7-11(21-13)15(17)23-16(18)12-8-20-10-14(22-12)25-6-4-2/h3-4,7-10H,1-2,5-6H2,(H3,17,18,23). The van der Waals surface area contributed by atoms with E-state index in [0.717, 1.165) is 0 Å². The summed E-state index contributed by atoms with van der Waals surface area (Å²) in [6.45, 7) is 7.67. The molecule has 25 heavy (non-hydrogen) atoms. The molecular formula is C16H17N7O2. The fourth-order valence-corrected chi connectivity index (χ4v) is 1.60. The van der Waals surface area contributed by atoms with E-state index < -0.39 is 0 Å². The molecule has 0 aliphatic rings. The van der Waals surface area contributed by atoms with Gasteiger partial charge in [0.25, 0.3) is 0 Å². The first-order valence-electron chi connectivity index (χ1n) is 7.19. The fraction of sp³-hybridized carbons (Fsp3) is 0.125. The van der Waals surface area contributed by atoms with Gasteiger partial charge in [-0.2, -0.15) is 0 Å². The van der Waals surface area contributed by atoms with E-state index in [9.17, 15) is 0 Å². The number of hydrogen-bond acceptors (Lipinski definition) is 7. The van der Waals surface area contributed by atoms with Crippen LogP contribution in [0.25, 0.3) is 0 Å². The van der Waals surface area contributed by atoms with Gasteiger partial charge in [0.05, 0.1) is 24.8 Å². The lowest BCUT2D eigenvalue weighted by molar-refractivity contribution is 0.346. The largest absolute Gasteiger partial charge is 0.472 e. The van der Waals surface area contributed by atoms with Gasteiger partial charge in [-0.3, -0.25) is 15.4 Å². The van der Waals surface area contributed by atoms with Crippen LogP contribution in [0.2, 0.25) is 0 Å². The highest BCUT2D eigenvalue weighted by Crippen LogP contribution is 2.08. The normalized spacial score (nSPS) is 10.8. The molecule has 0 aliphatic heterocycles. The van der Waals surface area contributed by atoms with Crippen molar-refractivity contribution in [2.45, 2.75) is 0 Å². The van der Waals surface area contributed by atoms with Gasteiger partial charge in [-0.05, 0) is 0 Å². The predicted molar refractivity (Wildman–Crippen MR) is 93.0 cm³/mol. The van der Waals surface area contributed by atoms with Crippen molar-refractivity contribution in [2.75, 3.05) is 13.2 Å². The van der Waals surface area contributed by atoms with Crippen LogP contribution in [0, 0.1) is 5.41 Å². The zero-order chi connectivity index (χ0) is 18.1. The van der Waals surface area contributed by atoms with Crippen molar-refractivity contribution in [2.24, 2.45) is 10.7 Å². The van der Waals surface area contributed by atoms with Crippen LogP contribution in [0.15, 0.2) is 55.1 Å². The number of nitrogens with one attached hydrogen (secondary N) is 1. The van der Waals surface area contributed by atoms with Crippen LogP contribution in [0.4, 0.5) is 0 Å². The van der Waals surface area contributed by atoms with Crippen molar-refractivity contribution >= 4 is 11.7 Å². The third-order valence-electron chi connectivity index (χ3n) is 2.66. The van der Waals surface area contributed by atoms with Crippen LogP contribution in [0.5, 0.6) is 11.8 Å². The number of rotatable bonds is 8. The molecule has 2 heterocycles. The highest BCUT2D eigenvalue weighted by molar-refractivity contribution is 6.08. The van der Waals surface area contributed by atoms with E-state index in [2.05, 4.69) is 38.1 Å². The molecule has 0 radical (unpaired) electrons. The second-order valence-electron chi connectivity index (χ2n) is 4.53. The van der Waals surface area contributed by atoms with Gasteiger partial charge in [0, 0.05) is 0 Å². The maximum absolute atomic E-state index is 8.01. The van der Waals surface area contributed by atoms with Gasteiger partial charge >= 0.3 is 0 Å². The van der Waals surface area contributed by atoms with Gasteiger partial charge in [0.15, 0.2) is 11.7 Å². The minimum absolute atomic E-state index is 0.000709. The molecule has 0 aromatic carbocycles. The Hall–Kier alpha value is -3.62. The van der Waals surface area contributed by atoms with E-state index in [1.54, 1.807) is 12.2 Å². The summed E-state index contributed by atoms with van der Waals surface area (Å²) in [5, 5.41) is 8.01. The lowest BCUT2D eigenvalue weighted by atomic mass is 10.4. The number of ether oxygens (including phenoxy) is 2. The molecule has 0 bridgehead atoms. The Morgan fingerprint density at radius 3 is 2.08 bits per heavy atom. The second-order valence-corrected chi connectivity index (χ2v) is 4.53. The van der Waals surface area contributed by atoms with Gasteiger partial charge in [-0.25, -0.2) is 15.0 Å². The molecule has 128 valence electrons. The molecule has 0 aliphatic carbocycles. The second kappa shape index (κ2) is 8.87. The number of amidine groups is 2. The van der Waals surface area contributed by atoms with E-state index in [-0.39, 0.29) is 48.0 Å². The van der Waals surface area contributed by atoms with Gasteiger partial charge < -0.3 is 15.2 Å². The summed E-state index contributed by atoms with van der Waals surface area (Å²) in [4.78, 5) is 20.2. The first-order valence-corrected chi connectivity index (χ1v) is 7.19. The zero-order valence-corrected chi connectivity index (χ0v) is 13.4. The Morgan fingerprint density at radius 2 is 1.52 bits per heavy atom. The van der Waals surface area contributed by atoms with Crippen LogP contribution in [-0.4, -0.2) is 44.8 Å². The Balaban J connectivity index is 2.17. The van der Waals surface area contributed by atoms with E-state index in [4.69, 9.17) is 20.6 Å². The molecule has 2 aromatic heterocycles. The van der Waals surface area contributed by atoms with Gasteiger partial charge in [0.1, 0.15) is 24.6 Å². The molecule has 2 aromatic rings. The summed E-state index contributed by atoms with van der Waals surface area (Å²) in [6, 6.07) is 0. The molecule has 0 saturated carbocycles. The summed E-state index contributed by atoms with van der Waals surface area (Å²) in [7, 11) is 0. The zero-order valence-electron chi connectivity index (χ0n) is 13.4. The van der Waals surface area contributed by atoms with Crippen LogP contribution >= 0.6 is 0 Å². The molecule has 0 saturated heterocycles. The topological polar surface area (TPSA) is 132 Å². The highest BCUT2D eigenvalue weighted by Gasteiger charge is 2.09. The molecule has 3 N–H and O–H groups in total. The van der Waals surface area contributed by atoms with Crippen LogP contribution in [0.3, 0.4) is 0 Å². The van der Waals surface area contributed by atoms with Crippen molar-refractivity contribution in [3.05, 3.63) is 61.5 Å². The van der Waals surface area contributed by atoms with E-state index in [1.807, 2.05) is 0 Å². The quantitative estimate of drug-likeness (QED) is 0.418. The predicted octanol–water partition coefficient (Wildman–Crippen LogP) is 1.13. The smallest absolute Gasteiger partial charge is 0.233 e. The molecule has 2 rings (SSSR count). The average molecular weight is 339 g/mol. The molecule has 9 heteroatoms. The molecular weight excluding hydrogens is 322 g/mol. The number of aromatic nitrogens is 4. The Labute approximate surface area is 144 Å². The molecule has 0 unspecified atom stereocenters. The first-order chi connectivity index (χ1) is 12.1. The molecule has 0 fully saturated rings. The summed E-state index contributed by atoms with van der Waals surface area (Å²) in [6.07, 6.45) is 8.84. The Bertz CT molecular complexity index is 805. The minimum Gasteiger partial charge on any atom is -0.472 e. The van der Waals surface area contributed by atoms with Crippen molar-refractivity contribution < 1.29 is 9.47 Å². The molecule has 9 nitrogen and oxygen atoms in total. The highest BCUT2D eigenvalue weighted by atomic mass is 16.5. The van der Waals surface area contributed by atoms with Crippen LogP contribution < -0.4 is 15.2 Å². The lowest BCUT2D eigenvalue weighted by Crippen LogP contribution is -2.18. The lowest BCUT2D eigenvalue weighted by Gasteiger charge is -2.05. The van der Waals surface area contributed by atoms with Crippen molar-refractivity contribution in [1.29, 1.82) is 5.41 Å². The van der Waals surface area contributed by atoms with Crippen LogP contribution in [0.1, 0.15) is 11.4 Å².